The molecule has 7 nitrogen and oxygen atoms in total. The third-order valence-electron chi connectivity index (χ3n) is 3.98. The van der Waals surface area contributed by atoms with Crippen LogP contribution in [0.1, 0.15) is 17.4 Å². The number of carbonyl (C=O) groups excluding carboxylic acids is 1. The van der Waals surface area contributed by atoms with Crippen LogP contribution in [-0.2, 0) is 4.79 Å². The highest BCUT2D eigenvalue weighted by atomic mass is 32.2. The van der Waals surface area contributed by atoms with E-state index in [0.717, 1.165) is 35.4 Å². The van der Waals surface area contributed by atoms with E-state index in [4.69, 9.17) is 15.6 Å². The number of carbonyl (C=O) groups is 1. The van der Waals surface area contributed by atoms with Crippen molar-refractivity contribution in [2.45, 2.75) is 17.9 Å². The van der Waals surface area contributed by atoms with Crippen LogP contribution in [0.5, 0.6) is 5.06 Å². The Bertz CT molecular complexity index is 873. The van der Waals surface area contributed by atoms with Crippen LogP contribution in [0, 0.1) is 11.6 Å². The number of amides is 1. The Morgan fingerprint density at radius 1 is 1.39 bits per heavy atom. The number of aromatic nitrogens is 1. The Morgan fingerprint density at radius 2 is 2.11 bits per heavy atom. The Balaban J connectivity index is 1.93. The number of ether oxygens (including phenoxy) is 1. The number of anilines is 1. The van der Waals surface area contributed by atoms with Gasteiger partial charge in [0.05, 0.1) is 31.1 Å². The minimum Gasteiger partial charge on any atom is -0.481 e. The summed E-state index contributed by atoms with van der Waals surface area (Å²) < 4.78 is 38.4. The van der Waals surface area contributed by atoms with E-state index in [0.29, 0.717) is 10.8 Å². The van der Waals surface area contributed by atoms with Crippen LogP contribution >= 0.6 is 23.3 Å². The topological polar surface area (TPSA) is 109 Å². The van der Waals surface area contributed by atoms with Gasteiger partial charge in [0, 0.05) is 23.4 Å². The minimum atomic E-state index is -0.931. The molecule has 1 aliphatic rings. The predicted molar refractivity (Wildman–Crippen MR) is 102 cm³/mol. The molecule has 150 valence electrons. The molecule has 0 bridgehead atoms. The molecule has 0 spiro atoms. The van der Waals surface area contributed by atoms with Crippen LogP contribution in [-0.4, -0.2) is 39.8 Å². The summed E-state index contributed by atoms with van der Waals surface area (Å²) in [4.78, 5) is 13.3. The maximum Gasteiger partial charge on any atom is 0.265 e. The van der Waals surface area contributed by atoms with Crippen molar-refractivity contribution in [3.05, 3.63) is 52.7 Å². The van der Waals surface area contributed by atoms with Crippen LogP contribution in [0.3, 0.4) is 0 Å². The smallest absolute Gasteiger partial charge is 0.265 e. The molecule has 2 heterocycles. The summed E-state index contributed by atoms with van der Waals surface area (Å²) in [6.07, 6.45) is 0.656. The van der Waals surface area contributed by atoms with Crippen LogP contribution in [0.25, 0.3) is 0 Å². The lowest BCUT2D eigenvalue weighted by atomic mass is 10.1. The van der Waals surface area contributed by atoms with Gasteiger partial charge in [-0.2, -0.15) is 4.37 Å². The molecule has 1 amide bonds. The van der Waals surface area contributed by atoms with Crippen LogP contribution in [0.4, 0.5) is 14.5 Å². The van der Waals surface area contributed by atoms with Crippen molar-refractivity contribution < 1.29 is 28.5 Å². The predicted octanol–water partition coefficient (Wildman–Crippen LogP) is 2.12. The van der Waals surface area contributed by atoms with Gasteiger partial charge in [-0.15, -0.1) is 11.8 Å². The monoisotopic (exact) mass is 429 g/mol. The second kappa shape index (κ2) is 8.86. The molecule has 2 unspecified atom stereocenters. The van der Waals surface area contributed by atoms with Gasteiger partial charge in [-0.25, -0.2) is 8.78 Å². The van der Waals surface area contributed by atoms with Crippen molar-refractivity contribution in [2.24, 2.45) is 5.73 Å². The van der Waals surface area contributed by atoms with Gasteiger partial charge in [-0.05, 0) is 12.1 Å². The van der Waals surface area contributed by atoms with Crippen LogP contribution in [0.2, 0.25) is 0 Å². The lowest BCUT2D eigenvalue weighted by molar-refractivity contribution is -0.114. The summed E-state index contributed by atoms with van der Waals surface area (Å²) in [5.41, 5.74) is 5.61. The highest BCUT2D eigenvalue weighted by molar-refractivity contribution is 8.02. The zero-order valence-corrected chi connectivity index (χ0v) is 16.1. The summed E-state index contributed by atoms with van der Waals surface area (Å²) in [6.45, 7) is -0.322. The molecule has 0 fully saturated rings. The van der Waals surface area contributed by atoms with Crippen molar-refractivity contribution in [1.29, 1.82) is 0 Å². The molecular formula is C17H17F2N3O4S2. The van der Waals surface area contributed by atoms with E-state index >= 15 is 0 Å². The van der Waals surface area contributed by atoms with E-state index in [9.17, 15) is 18.7 Å². The fraction of sp³-hybridized carbons (Fsp3) is 0.294. The van der Waals surface area contributed by atoms with E-state index in [1.165, 1.54) is 22.6 Å². The fourth-order valence-corrected chi connectivity index (χ4v) is 4.44. The molecule has 0 aliphatic carbocycles. The number of nitrogens with zero attached hydrogens (tertiary/aromatic N) is 2. The molecule has 2 aromatic rings. The second-order valence-corrected chi connectivity index (χ2v) is 7.55. The van der Waals surface area contributed by atoms with E-state index in [1.807, 2.05) is 0 Å². The van der Waals surface area contributed by atoms with E-state index in [2.05, 4.69) is 4.37 Å². The number of primary amides is 1. The van der Waals surface area contributed by atoms with E-state index < -0.39 is 35.6 Å². The highest BCUT2D eigenvalue weighted by Gasteiger charge is 2.37. The van der Waals surface area contributed by atoms with Crippen LogP contribution in [0.15, 0.2) is 35.5 Å². The Kier molecular flexibility index (Phi) is 6.50. The van der Waals surface area contributed by atoms with Gasteiger partial charge in [0.15, 0.2) is 0 Å². The first-order valence-electron chi connectivity index (χ1n) is 8.19. The third-order valence-corrected chi connectivity index (χ3v) is 5.74. The highest BCUT2D eigenvalue weighted by Crippen LogP contribution is 2.50. The molecule has 0 saturated heterocycles. The summed E-state index contributed by atoms with van der Waals surface area (Å²) in [6, 6.07) is 3.53. The van der Waals surface area contributed by atoms with Gasteiger partial charge in [-0.1, -0.05) is 6.07 Å². The Hall–Kier alpha value is -2.21. The van der Waals surface area contributed by atoms with Crippen LogP contribution < -0.4 is 15.4 Å². The van der Waals surface area contributed by atoms with Crippen molar-refractivity contribution in [3.63, 3.8) is 0 Å². The summed E-state index contributed by atoms with van der Waals surface area (Å²) in [7, 11) is 0. The summed E-state index contributed by atoms with van der Waals surface area (Å²) >= 11 is 2.02. The van der Waals surface area contributed by atoms with Gasteiger partial charge in [0.1, 0.15) is 28.4 Å². The van der Waals surface area contributed by atoms with E-state index in [-0.39, 0.29) is 24.3 Å². The maximum absolute atomic E-state index is 14.4. The number of aliphatic hydroxyl groups excluding tert-OH is 2. The van der Waals surface area contributed by atoms with Crippen molar-refractivity contribution >= 4 is 34.9 Å². The zero-order chi connectivity index (χ0) is 20.3. The normalized spacial score (nSPS) is 17.5. The van der Waals surface area contributed by atoms with Crippen molar-refractivity contribution in [3.8, 4) is 5.06 Å². The number of nitrogens with two attached hydrogens (primary N) is 1. The number of hydrogen-bond acceptors (Lipinski definition) is 8. The van der Waals surface area contributed by atoms with Gasteiger partial charge >= 0.3 is 0 Å². The lowest BCUT2D eigenvalue weighted by Gasteiger charge is -2.28. The lowest BCUT2D eigenvalue weighted by Crippen LogP contribution is -2.31. The van der Waals surface area contributed by atoms with Gasteiger partial charge in [0.25, 0.3) is 5.91 Å². The number of thioether (sulfide) groups is 1. The maximum atomic E-state index is 14.4. The van der Waals surface area contributed by atoms with Crippen molar-refractivity contribution in [1.82, 2.24) is 4.37 Å². The molecule has 4 N–H and O–H groups in total. The fourth-order valence-electron chi connectivity index (χ4n) is 2.61. The molecule has 1 aromatic carbocycles. The number of rotatable bonds is 8. The zero-order valence-electron chi connectivity index (χ0n) is 14.4. The first-order chi connectivity index (χ1) is 13.4. The molecule has 0 radical (unpaired) electrons. The largest absolute Gasteiger partial charge is 0.481 e. The number of halogens is 2. The molecule has 1 aromatic heterocycles. The quantitative estimate of drug-likeness (QED) is 0.590. The molecule has 11 heteroatoms. The van der Waals surface area contributed by atoms with Gasteiger partial charge in [0.2, 0.25) is 5.06 Å². The first-order valence-corrected chi connectivity index (χ1v) is 9.90. The standard InChI is InChI=1S/C17H17F2N3O4S2/c18-10-2-1-3-11(19)14(10)16-22(13(8-27-16)15(20)25)12-6-21-28-17(12)26-5-4-9(24)7-23/h1-3,6,8-9,16,23-24H,4-5,7H2,(H2,20,25). The number of hydrogen-bond donors (Lipinski definition) is 3. The van der Waals surface area contributed by atoms with Gasteiger partial charge in [-0.3, -0.25) is 4.79 Å². The molecule has 0 saturated carbocycles. The second-order valence-electron chi connectivity index (χ2n) is 5.83. The molecule has 28 heavy (non-hydrogen) atoms. The average molecular weight is 429 g/mol. The number of benzene rings is 1. The van der Waals surface area contributed by atoms with Crippen molar-refractivity contribution in [2.75, 3.05) is 18.1 Å². The molecule has 3 rings (SSSR count). The summed E-state index contributed by atoms with van der Waals surface area (Å²) in [5.74, 6) is -2.27. The first kappa shape index (κ1) is 20.5. The molecule has 1 aliphatic heterocycles. The Labute approximate surface area is 167 Å². The third kappa shape index (κ3) is 4.12. The Morgan fingerprint density at radius 3 is 2.75 bits per heavy atom. The minimum absolute atomic E-state index is 0.0538. The average Bonchev–Trinajstić information content (AvgIpc) is 3.28. The van der Waals surface area contributed by atoms with Gasteiger partial charge < -0.3 is 25.6 Å². The number of aliphatic hydroxyl groups is 2. The summed E-state index contributed by atoms with van der Waals surface area (Å²) in [5, 5.41) is 19.1. The molecular weight excluding hydrogens is 412 g/mol. The molecule has 2 atom stereocenters. The van der Waals surface area contributed by atoms with E-state index in [1.54, 1.807) is 0 Å². The SMILES string of the molecule is NC(=O)C1=CSC(c2c(F)cccc2F)N1c1cnsc1OCCC(O)CO.